The molecule has 1 aliphatic heterocycles. The minimum Gasteiger partial charge on any atom is -0.324 e. The Morgan fingerprint density at radius 1 is 1.12 bits per heavy atom. The summed E-state index contributed by atoms with van der Waals surface area (Å²) < 4.78 is 0. The number of imidazole rings is 1. The number of nitrogens with one attached hydrogen (secondary N) is 2. The largest absolute Gasteiger partial charge is 0.324 e. The van der Waals surface area contributed by atoms with Gasteiger partial charge in [-0.3, -0.25) is 20.1 Å². The van der Waals surface area contributed by atoms with Gasteiger partial charge < -0.3 is 4.98 Å². The first kappa shape index (κ1) is 20.4. The SMILES string of the molecule is C=C1C=CC(c2cnccc2C)=NN1Cc1cccc(C(=O)Nc2nc3ccccc3[nH]2)c1. The Hall–Kier alpha value is -4.52. The normalized spacial score (nSPS) is 13.3. The first-order valence-corrected chi connectivity index (χ1v) is 10.6. The van der Waals surface area contributed by atoms with Crippen molar-refractivity contribution in [3.05, 3.63) is 114 Å². The van der Waals surface area contributed by atoms with E-state index in [0.717, 1.165) is 39.1 Å². The molecule has 0 fully saturated rings. The van der Waals surface area contributed by atoms with E-state index < -0.39 is 0 Å². The zero-order valence-electron chi connectivity index (χ0n) is 18.1. The number of aromatic nitrogens is 3. The lowest BCUT2D eigenvalue weighted by atomic mass is 10.1. The molecular formula is C26H22N6O. The molecule has 7 nitrogen and oxygen atoms in total. The summed E-state index contributed by atoms with van der Waals surface area (Å²) in [5.74, 6) is 0.186. The summed E-state index contributed by atoms with van der Waals surface area (Å²) in [5, 5.41) is 9.43. The quantitative estimate of drug-likeness (QED) is 0.472. The first-order valence-electron chi connectivity index (χ1n) is 10.6. The van der Waals surface area contributed by atoms with Gasteiger partial charge in [-0.25, -0.2) is 4.98 Å². The molecule has 3 heterocycles. The second-order valence-electron chi connectivity index (χ2n) is 7.82. The molecule has 2 aromatic heterocycles. The lowest BCUT2D eigenvalue weighted by Crippen LogP contribution is -2.21. The van der Waals surface area contributed by atoms with Crippen LogP contribution in [0.5, 0.6) is 0 Å². The molecule has 2 aromatic carbocycles. The third kappa shape index (κ3) is 4.29. The number of nitrogens with zero attached hydrogens (tertiary/aromatic N) is 4. The maximum atomic E-state index is 12.8. The second-order valence-corrected chi connectivity index (χ2v) is 7.82. The van der Waals surface area contributed by atoms with Crippen molar-refractivity contribution in [1.82, 2.24) is 20.0 Å². The van der Waals surface area contributed by atoms with Gasteiger partial charge in [-0.15, -0.1) is 0 Å². The van der Waals surface area contributed by atoms with Crippen molar-refractivity contribution in [1.29, 1.82) is 0 Å². The van der Waals surface area contributed by atoms with E-state index in [0.29, 0.717) is 18.1 Å². The van der Waals surface area contributed by atoms with Crippen LogP contribution in [0.4, 0.5) is 5.95 Å². The Morgan fingerprint density at radius 2 is 2.00 bits per heavy atom. The number of hydrogen-bond donors (Lipinski definition) is 2. The van der Waals surface area contributed by atoms with E-state index in [1.54, 1.807) is 12.3 Å². The number of carbonyl (C=O) groups excluding carboxylic acids is 1. The van der Waals surface area contributed by atoms with Gasteiger partial charge in [0, 0.05) is 23.5 Å². The number of hydrazone groups is 1. The Morgan fingerprint density at radius 3 is 2.85 bits per heavy atom. The fraction of sp³-hybridized carbons (Fsp3) is 0.0769. The maximum absolute atomic E-state index is 12.8. The number of anilines is 1. The fourth-order valence-corrected chi connectivity index (χ4v) is 3.68. The van der Waals surface area contributed by atoms with Gasteiger partial charge in [0.25, 0.3) is 5.91 Å². The zero-order chi connectivity index (χ0) is 22.8. The van der Waals surface area contributed by atoms with Crippen molar-refractivity contribution >= 4 is 28.6 Å². The van der Waals surface area contributed by atoms with Gasteiger partial charge in [-0.2, -0.15) is 5.10 Å². The Labute approximate surface area is 191 Å². The third-order valence-corrected chi connectivity index (χ3v) is 5.45. The van der Waals surface area contributed by atoms with Crippen molar-refractivity contribution in [3.8, 4) is 0 Å². The average molecular weight is 435 g/mol. The average Bonchev–Trinajstić information content (AvgIpc) is 3.23. The van der Waals surface area contributed by atoms with Crippen molar-refractivity contribution < 1.29 is 4.79 Å². The predicted octanol–water partition coefficient (Wildman–Crippen LogP) is 4.81. The van der Waals surface area contributed by atoms with Gasteiger partial charge in [0.1, 0.15) is 0 Å². The van der Waals surface area contributed by atoms with E-state index in [2.05, 4.69) is 26.8 Å². The number of allylic oxidation sites excluding steroid dienone is 2. The molecule has 5 rings (SSSR count). The van der Waals surface area contributed by atoms with Crippen LogP contribution in [0.3, 0.4) is 0 Å². The van der Waals surface area contributed by atoms with Crippen LogP contribution in [0.1, 0.15) is 27.0 Å². The highest BCUT2D eigenvalue weighted by atomic mass is 16.1. The first-order chi connectivity index (χ1) is 16.1. The van der Waals surface area contributed by atoms with Gasteiger partial charge in [0.2, 0.25) is 5.95 Å². The second kappa shape index (κ2) is 8.55. The van der Waals surface area contributed by atoms with Gasteiger partial charge >= 0.3 is 0 Å². The molecule has 0 bridgehead atoms. The van der Waals surface area contributed by atoms with Crippen molar-refractivity contribution in [2.75, 3.05) is 5.32 Å². The standard InChI is InChI=1S/C26H22N6O/c1-17-12-13-27-15-21(17)22-11-10-18(2)32(31-22)16-19-6-5-7-20(14-19)25(33)30-26-28-23-8-3-4-9-24(23)29-26/h3-15H,2,16H2,1H3,(H2,28,29,30,33). The van der Waals surface area contributed by atoms with Crippen molar-refractivity contribution in [2.45, 2.75) is 13.5 Å². The van der Waals surface area contributed by atoms with Crippen LogP contribution in [-0.2, 0) is 6.54 Å². The molecule has 0 aliphatic carbocycles. The molecule has 0 radical (unpaired) electrons. The summed E-state index contributed by atoms with van der Waals surface area (Å²) in [6.07, 6.45) is 7.46. The number of aromatic amines is 1. The summed E-state index contributed by atoms with van der Waals surface area (Å²) in [7, 11) is 0. The van der Waals surface area contributed by atoms with Crippen LogP contribution in [0.2, 0.25) is 0 Å². The number of hydrogen-bond acceptors (Lipinski definition) is 5. The van der Waals surface area contributed by atoms with Gasteiger partial charge in [-0.1, -0.05) is 30.8 Å². The van der Waals surface area contributed by atoms with E-state index in [1.165, 1.54) is 0 Å². The summed E-state index contributed by atoms with van der Waals surface area (Å²) in [5.41, 5.74) is 6.83. The summed E-state index contributed by atoms with van der Waals surface area (Å²) in [6, 6.07) is 17.1. The van der Waals surface area contributed by atoms with Crippen LogP contribution in [-0.4, -0.2) is 31.6 Å². The van der Waals surface area contributed by atoms with Gasteiger partial charge in [0.15, 0.2) is 0 Å². The molecule has 1 aliphatic rings. The number of pyridine rings is 1. The van der Waals surface area contributed by atoms with Crippen LogP contribution < -0.4 is 5.32 Å². The molecule has 0 atom stereocenters. The summed E-state index contributed by atoms with van der Waals surface area (Å²) in [6.45, 7) is 6.62. The highest BCUT2D eigenvalue weighted by Crippen LogP contribution is 2.20. The molecule has 2 N–H and O–H groups in total. The molecule has 0 spiro atoms. The highest BCUT2D eigenvalue weighted by molar-refractivity contribution is 6.10. The minimum atomic E-state index is -0.233. The third-order valence-electron chi connectivity index (χ3n) is 5.45. The van der Waals surface area contributed by atoms with Crippen LogP contribution in [0.25, 0.3) is 11.0 Å². The molecule has 162 valence electrons. The monoisotopic (exact) mass is 434 g/mol. The molecule has 33 heavy (non-hydrogen) atoms. The summed E-state index contributed by atoms with van der Waals surface area (Å²) in [4.78, 5) is 24.6. The lowest BCUT2D eigenvalue weighted by Gasteiger charge is -2.24. The number of benzene rings is 2. The fourth-order valence-electron chi connectivity index (χ4n) is 3.68. The van der Waals surface area contributed by atoms with Crippen LogP contribution in [0.15, 0.2) is 96.5 Å². The zero-order valence-corrected chi connectivity index (χ0v) is 18.1. The van der Waals surface area contributed by atoms with E-state index >= 15 is 0 Å². The number of H-pyrrole nitrogens is 1. The Kier molecular flexibility index (Phi) is 5.28. The minimum absolute atomic E-state index is 0.233. The summed E-state index contributed by atoms with van der Waals surface area (Å²) >= 11 is 0. The number of amides is 1. The molecule has 1 amide bonds. The maximum Gasteiger partial charge on any atom is 0.257 e. The van der Waals surface area contributed by atoms with Crippen molar-refractivity contribution in [3.63, 3.8) is 0 Å². The van der Waals surface area contributed by atoms with Gasteiger partial charge in [0.05, 0.1) is 29.0 Å². The van der Waals surface area contributed by atoms with E-state index in [-0.39, 0.29) is 5.91 Å². The van der Waals surface area contributed by atoms with E-state index in [9.17, 15) is 4.79 Å². The molecular weight excluding hydrogens is 412 g/mol. The topological polar surface area (TPSA) is 86.3 Å². The molecule has 0 saturated heterocycles. The number of carbonyl (C=O) groups is 1. The number of fused-ring (bicyclic) bond motifs is 1. The van der Waals surface area contributed by atoms with E-state index in [1.807, 2.05) is 78.8 Å². The van der Waals surface area contributed by atoms with Crippen molar-refractivity contribution in [2.24, 2.45) is 5.10 Å². The molecule has 0 unspecified atom stereocenters. The lowest BCUT2D eigenvalue weighted by molar-refractivity contribution is 0.102. The smallest absolute Gasteiger partial charge is 0.257 e. The Bertz CT molecular complexity index is 1400. The van der Waals surface area contributed by atoms with Crippen LogP contribution >= 0.6 is 0 Å². The molecule has 7 heteroatoms. The predicted molar refractivity (Wildman–Crippen MR) is 130 cm³/mol. The Balaban J connectivity index is 1.34. The number of rotatable bonds is 5. The molecule has 0 saturated carbocycles. The molecule has 4 aromatic rings. The van der Waals surface area contributed by atoms with Crippen LogP contribution in [0, 0.1) is 6.92 Å². The number of aryl methyl sites for hydroxylation is 1. The van der Waals surface area contributed by atoms with Gasteiger partial charge in [-0.05, 0) is 60.5 Å². The highest BCUT2D eigenvalue weighted by Gasteiger charge is 2.16. The number of para-hydroxylation sites is 2. The van der Waals surface area contributed by atoms with E-state index in [4.69, 9.17) is 5.10 Å².